The number of rotatable bonds is 7. The number of nitro groups is 1. The number of fused-ring (bicyclic) bond motifs is 3. The second-order valence-electron chi connectivity index (χ2n) is 12.8. The number of nitrogens with zero attached hydrogens (tertiary/aromatic N) is 5. The van der Waals surface area contributed by atoms with Crippen molar-refractivity contribution in [3.05, 3.63) is 106 Å². The zero-order valence-electron chi connectivity index (χ0n) is 24.8. The molecule has 7 rings (SSSR count). The molecule has 0 saturated carbocycles. The van der Waals surface area contributed by atoms with Gasteiger partial charge in [0.2, 0.25) is 0 Å². The van der Waals surface area contributed by atoms with Crippen LogP contribution in [-0.2, 0) is 5.41 Å². The lowest BCUT2D eigenvalue weighted by atomic mass is 9.70. The highest BCUT2D eigenvalue weighted by atomic mass is 16.6. The molecule has 3 fully saturated rings. The lowest BCUT2D eigenvalue weighted by molar-refractivity contribution is -0.384. The standard InChI is InChI=1S/C35H39N5O3/c1-25-36-32-9-5-6-10-33(32)39(25)31-23-29-15-16-30(24-31)38(29)22-19-35(27-7-3-2-4-8-27)17-20-37(21-18-35)34(41)26-11-13-28(14-12-26)40(42)43/h2-14,29-31H,15-24H2,1H3/t29-,30+,31?. The molecule has 1 unspecified atom stereocenters. The summed E-state index contributed by atoms with van der Waals surface area (Å²) in [6.07, 6.45) is 7.80. The van der Waals surface area contributed by atoms with Crippen molar-refractivity contribution in [1.29, 1.82) is 0 Å². The largest absolute Gasteiger partial charge is 0.339 e. The first-order valence-electron chi connectivity index (χ1n) is 15.7. The summed E-state index contributed by atoms with van der Waals surface area (Å²) in [4.78, 5) is 33.5. The Morgan fingerprint density at radius 1 is 0.907 bits per heavy atom. The maximum atomic E-state index is 13.3. The van der Waals surface area contributed by atoms with E-state index in [1.54, 1.807) is 12.1 Å². The summed E-state index contributed by atoms with van der Waals surface area (Å²) in [7, 11) is 0. The van der Waals surface area contributed by atoms with Crippen molar-refractivity contribution in [2.45, 2.75) is 75.4 Å². The first-order chi connectivity index (χ1) is 20.9. The highest BCUT2D eigenvalue weighted by Crippen LogP contribution is 2.45. The number of non-ortho nitro benzene ring substituents is 1. The molecule has 43 heavy (non-hydrogen) atoms. The number of likely N-dealkylation sites (tertiary alicyclic amines) is 1. The molecule has 0 radical (unpaired) electrons. The Morgan fingerprint density at radius 3 is 2.23 bits per heavy atom. The average Bonchev–Trinajstić information content (AvgIpc) is 3.50. The highest BCUT2D eigenvalue weighted by molar-refractivity contribution is 5.94. The van der Waals surface area contributed by atoms with Crippen LogP contribution in [0.4, 0.5) is 5.69 Å². The summed E-state index contributed by atoms with van der Waals surface area (Å²) in [5.74, 6) is 1.08. The molecule has 3 saturated heterocycles. The number of aromatic nitrogens is 2. The Labute approximate surface area is 252 Å². The van der Waals surface area contributed by atoms with Gasteiger partial charge in [-0.2, -0.15) is 0 Å². The van der Waals surface area contributed by atoms with Gasteiger partial charge in [-0.15, -0.1) is 0 Å². The number of nitro benzene ring substituents is 1. The number of benzene rings is 3. The smallest absolute Gasteiger partial charge is 0.269 e. The second-order valence-corrected chi connectivity index (χ2v) is 12.8. The van der Waals surface area contributed by atoms with E-state index >= 15 is 0 Å². The van der Waals surface area contributed by atoms with E-state index in [-0.39, 0.29) is 17.0 Å². The maximum absolute atomic E-state index is 13.3. The van der Waals surface area contributed by atoms with Gasteiger partial charge in [0.05, 0.1) is 16.0 Å². The Balaban J connectivity index is 1.05. The third kappa shape index (κ3) is 5.12. The SMILES string of the molecule is Cc1nc2ccccc2n1C1C[C@H]2CC[C@@H](C1)N2CCC1(c2ccccc2)CCN(C(=O)c2ccc([N+](=O)[O-])cc2)CC1. The number of hydrogen-bond acceptors (Lipinski definition) is 5. The minimum Gasteiger partial charge on any atom is -0.339 e. The lowest BCUT2D eigenvalue weighted by Crippen LogP contribution is -2.49. The Hall–Kier alpha value is -4.04. The number of hydrogen-bond donors (Lipinski definition) is 0. The van der Waals surface area contributed by atoms with Crippen molar-refractivity contribution >= 4 is 22.6 Å². The Morgan fingerprint density at radius 2 is 1.56 bits per heavy atom. The molecule has 4 aromatic rings. The van der Waals surface area contributed by atoms with E-state index < -0.39 is 4.92 Å². The van der Waals surface area contributed by atoms with Crippen molar-refractivity contribution in [1.82, 2.24) is 19.4 Å². The van der Waals surface area contributed by atoms with Gasteiger partial charge in [0.25, 0.3) is 11.6 Å². The first-order valence-corrected chi connectivity index (χ1v) is 15.7. The molecule has 8 heteroatoms. The molecule has 3 atom stereocenters. The van der Waals surface area contributed by atoms with Gasteiger partial charge in [0, 0.05) is 48.9 Å². The number of carbonyl (C=O) groups is 1. The van der Waals surface area contributed by atoms with Crippen molar-refractivity contribution in [3.63, 3.8) is 0 Å². The normalized spacial score (nSPS) is 23.5. The lowest BCUT2D eigenvalue weighted by Gasteiger charge is -2.45. The molecular weight excluding hydrogens is 538 g/mol. The van der Waals surface area contributed by atoms with Crippen LogP contribution in [0.2, 0.25) is 0 Å². The van der Waals surface area contributed by atoms with Gasteiger partial charge in [-0.1, -0.05) is 42.5 Å². The number of para-hydroxylation sites is 2. The quantitative estimate of drug-likeness (QED) is 0.181. The van der Waals surface area contributed by atoms with Crippen LogP contribution < -0.4 is 0 Å². The average molecular weight is 578 g/mol. The predicted octanol–water partition coefficient (Wildman–Crippen LogP) is 6.69. The van der Waals surface area contributed by atoms with Crippen molar-refractivity contribution in [2.24, 2.45) is 0 Å². The van der Waals surface area contributed by atoms with Crippen LogP contribution in [0.3, 0.4) is 0 Å². The second kappa shape index (κ2) is 11.2. The van der Waals surface area contributed by atoms with Crippen molar-refractivity contribution in [2.75, 3.05) is 19.6 Å². The van der Waals surface area contributed by atoms with Gasteiger partial charge >= 0.3 is 0 Å². The van der Waals surface area contributed by atoms with Gasteiger partial charge in [-0.25, -0.2) is 4.98 Å². The van der Waals surface area contributed by atoms with Crippen molar-refractivity contribution < 1.29 is 9.72 Å². The van der Waals surface area contributed by atoms with Crippen LogP contribution in [0.25, 0.3) is 11.0 Å². The fraction of sp³-hybridized carbons (Fsp3) is 0.429. The minimum absolute atomic E-state index is 0.00445. The first kappa shape index (κ1) is 27.8. The number of imidazole rings is 1. The van der Waals surface area contributed by atoms with Crippen LogP contribution in [0.1, 0.15) is 72.7 Å². The number of aryl methyl sites for hydroxylation is 1. The molecule has 1 amide bonds. The van der Waals surface area contributed by atoms with Gasteiger partial charge in [0.1, 0.15) is 5.82 Å². The molecule has 1 aromatic heterocycles. The number of amides is 1. The van der Waals surface area contributed by atoms with E-state index in [1.165, 1.54) is 48.9 Å². The van der Waals surface area contributed by atoms with Gasteiger partial charge in [-0.3, -0.25) is 19.8 Å². The summed E-state index contributed by atoms with van der Waals surface area (Å²) < 4.78 is 2.50. The van der Waals surface area contributed by atoms with E-state index in [2.05, 4.69) is 71.0 Å². The van der Waals surface area contributed by atoms with Crippen LogP contribution >= 0.6 is 0 Å². The monoisotopic (exact) mass is 577 g/mol. The summed E-state index contributed by atoms with van der Waals surface area (Å²) in [6.45, 7) is 4.60. The third-order valence-corrected chi connectivity index (χ3v) is 10.6. The van der Waals surface area contributed by atoms with E-state index in [1.807, 2.05) is 4.90 Å². The highest BCUT2D eigenvalue weighted by Gasteiger charge is 2.44. The zero-order chi connectivity index (χ0) is 29.6. The van der Waals surface area contributed by atoms with E-state index in [9.17, 15) is 14.9 Å². The summed E-state index contributed by atoms with van der Waals surface area (Å²) in [5, 5.41) is 11.0. The molecule has 3 aliphatic rings. The zero-order valence-corrected chi connectivity index (χ0v) is 24.8. The molecule has 4 heterocycles. The van der Waals surface area contributed by atoms with Crippen molar-refractivity contribution in [3.8, 4) is 0 Å². The molecule has 0 N–H and O–H groups in total. The van der Waals surface area contributed by atoms with Crippen LogP contribution in [-0.4, -0.2) is 61.9 Å². The fourth-order valence-electron chi connectivity index (χ4n) is 8.31. The number of carbonyl (C=O) groups excluding carboxylic acids is 1. The van der Waals surface area contributed by atoms with E-state index in [4.69, 9.17) is 4.98 Å². The fourth-order valence-corrected chi connectivity index (χ4v) is 8.31. The van der Waals surface area contributed by atoms with Crippen LogP contribution in [0, 0.1) is 17.0 Å². The molecule has 0 spiro atoms. The molecule has 3 aromatic carbocycles. The summed E-state index contributed by atoms with van der Waals surface area (Å²) in [5.41, 5.74) is 4.28. The Kier molecular flexibility index (Phi) is 7.25. The molecule has 222 valence electrons. The minimum atomic E-state index is -0.432. The van der Waals surface area contributed by atoms with Gasteiger partial charge < -0.3 is 9.47 Å². The Bertz CT molecular complexity index is 1610. The van der Waals surface area contributed by atoms with Gasteiger partial charge in [0.15, 0.2) is 0 Å². The van der Waals surface area contributed by atoms with Crippen LogP contribution in [0.5, 0.6) is 0 Å². The van der Waals surface area contributed by atoms with Crippen LogP contribution in [0.15, 0.2) is 78.9 Å². The topological polar surface area (TPSA) is 84.5 Å². The molecular formula is C35H39N5O3. The predicted molar refractivity (Wildman–Crippen MR) is 167 cm³/mol. The summed E-state index contributed by atoms with van der Waals surface area (Å²) >= 11 is 0. The maximum Gasteiger partial charge on any atom is 0.269 e. The molecule has 2 bridgehead atoms. The molecule has 0 aliphatic carbocycles. The van der Waals surface area contributed by atoms with Gasteiger partial charge in [-0.05, 0) is 93.7 Å². The van der Waals surface area contributed by atoms with E-state index in [0.29, 0.717) is 36.8 Å². The summed E-state index contributed by atoms with van der Waals surface area (Å²) in [6, 6.07) is 27.1. The molecule has 8 nitrogen and oxygen atoms in total. The number of piperidine rings is 2. The van der Waals surface area contributed by atoms with E-state index in [0.717, 1.165) is 37.1 Å². The third-order valence-electron chi connectivity index (χ3n) is 10.6. The molecule has 3 aliphatic heterocycles.